The van der Waals surface area contributed by atoms with Crippen LogP contribution in [-0.2, 0) is 6.54 Å². The lowest BCUT2D eigenvalue weighted by atomic mass is 10.2. The molecule has 0 aliphatic rings. The molecule has 0 unspecified atom stereocenters. The normalized spacial score (nSPS) is 10.6. The van der Waals surface area contributed by atoms with E-state index < -0.39 is 5.91 Å². The Bertz CT molecular complexity index is 833. The summed E-state index contributed by atoms with van der Waals surface area (Å²) in [5.41, 5.74) is 6.71. The molecule has 29 heavy (non-hydrogen) atoms. The van der Waals surface area contributed by atoms with Gasteiger partial charge in [0.15, 0.2) is 11.5 Å². The van der Waals surface area contributed by atoms with E-state index in [1.54, 1.807) is 42.2 Å². The van der Waals surface area contributed by atoms with E-state index >= 15 is 0 Å². The standard InChI is InChI=1S/C20H25N3O3S.C2H2/c1-4-16(27-3)9-10-22-12-14-5-8-19(23-13-14)26-17-7-6-15(20(21)24)11-18(17)25-2;1-2/h4-8,11,13,22H,9-10,12H2,1-3H3,(H2,21,24);1-2H/b16-4-;. The summed E-state index contributed by atoms with van der Waals surface area (Å²) in [6, 6.07) is 8.54. The number of nitrogens with zero attached hydrogens (tertiary/aromatic N) is 1. The summed E-state index contributed by atoms with van der Waals surface area (Å²) in [5.74, 6) is 0.820. The molecule has 7 heteroatoms. The number of methoxy groups -OCH3 is 1. The molecule has 0 aliphatic heterocycles. The minimum atomic E-state index is -0.520. The highest BCUT2D eigenvalue weighted by Gasteiger charge is 2.10. The van der Waals surface area contributed by atoms with Crippen molar-refractivity contribution in [3.05, 3.63) is 58.6 Å². The van der Waals surface area contributed by atoms with Gasteiger partial charge in [-0.1, -0.05) is 12.1 Å². The zero-order chi connectivity index (χ0) is 21.6. The number of ether oxygens (including phenoxy) is 2. The van der Waals surface area contributed by atoms with E-state index in [9.17, 15) is 4.79 Å². The first kappa shape index (κ1) is 24.1. The summed E-state index contributed by atoms with van der Waals surface area (Å²) in [7, 11) is 1.51. The summed E-state index contributed by atoms with van der Waals surface area (Å²) in [6.45, 7) is 3.72. The third-order valence-electron chi connectivity index (χ3n) is 3.92. The number of aromatic nitrogens is 1. The highest BCUT2D eigenvalue weighted by atomic mass is 32.2. The predicted octanol–water partition coefficient (Wildman–Crippen LogP) is 3.98. The molecule has 2 rings (SSSR count). The number of carbonyl (C=O) groups excluding carboxylic acids is 1. The van der Waals surface area contributed by atoms with Gasteiger partial charge in [0.2, 0.25) is 11.8 Å². The minimum absolute atomic E-state index is 0.358. The second kappa shape index (κ2) is 13.3. The molecule has 1 heterocycles. The first-order chi connectivity index (χ1) is 14.1. The van der Waals surface area contributed by atoms with Crippen molar-refractivity contribution in [2.24, 2.45) is 5.73 Å². The van der Waals surface area contributed by atoms with Crippen LogP contribution in [0.5, 0.6) is 17.4 Å². The number of amides is 1. The van der Waals surface area contributed by atoms with Crippen LogP contribution in [0.3, 0.4) is 0 Å². The van der Waals surface area contributed by atoms with Crippen LogP contribution in [0.15, 0.2) is 47.5 Å². The van der Waals surface area contributed by atoms with Crippen LogP contribution in [0.4, 0.5) is 0 Å². The number of rotatable bonds is 10. The maximum Gasteiger partial charge on any atom is 0.248 e. The van der Waals surface area contributed by atoms with Gasteiger partial charge in [-0.05, 0) is 54.8 Å². The number of allylic oxidation sites excluding steroid dienone is 1. The summed E-state index contributed by atoms with van der Waals surface area (Å²) in [5, 5.41) is 3.41. The van der Waals surface area contributed by atoms with Crippen LogP contribution < -0.4 is 20.5 Å². The zero-order valence-corrected chi connectivity index (χ0v) is 17.8. The van der Waals surface area contributed by atoms with Crippen LogP contribution in [-0.4, -0.2) is 30.8 Å². The molecule has 2 aromatic rings. The third kappa shape index (κ3) is 7.90. The van der Waals surface area contributed by atoms with Gasteiger partial charge >= 0.3 is 0 Å². The zero-order valence-electron chi connectivity index (χ0n) is 17.0. The Kier molecular flexibility index (Phi) is 11.0. The van der Waals surface area contributed by atoms with Crippen molar-refractivity contribution in [3.8, 4) is 30.2 Å². The van der Waals surface area contributed by atoms with E-state index in [1.807, 2.05) is 6.07 Å². The molecule has 154 valence electrons. The monoisotopic (exact) mass is 413 g/mol. The Labute approximate surface area is 176 Å². The molecule has 0 saturated carbocycles. The number of nitrogens with two attached hydrogens (primary N) is 1. The fraction of sp³-hybridized carbons (Fsp3) is 0.273. The van der Waals surface area contributed by atoms with E-state index in [2.05, 4.69) is 42.4 Å². The Hall–Kier alpha value is -2.95. The van der Waals surface area contributed by atoms with E-state index in [1.165, 1.54) is 12.0 Å². The molecule has 6 nitrogen and oxygen atoms in total. The van der Waals surface area contributed by atoms with Gasteiger partial charge in [-0.25, -0.2) is 4.98 Å². The summed E-state index contributed by atoms with van der Waals surface area (Å²) in [6.07, 6.45) is 15.0. The lowest BCUT2D eigenvalue weighted by Crippen LogP contribution is -2.15. The maximum atomic E-state index is 11.3. The van der Waals surface area contributed by atoms with E-state index in [-0.39, 0.29) is 0 Å². The van der Waals surface area contributed by atoms with Crippen molar-refractivity contribution in [3.63, 3.8) is 0 Å². The second-order valence-electron chi connectivity index (χ2n) is 5.72. The Balaban J connectivity index is 0.00000204. The topological polar surface area (TPSA) is 86.5 Å². The minimum Gasteiger partial charge on any atom is -0.493 e. The maximum absolute atomic E-state index is 11.3. The fourth-order valence-electron chi connectivity index (χ4n) is 2.40. The van der Waals surface area contributed by atoms with Crippen molar-refractivity contribution in [2.75, 3.05) is 19.9 Å². The smallest absolute Gasteiger partial charge is 0.248 e. The van der Waals surface area contributed by atoms with Crippen molar-refractivity contribution in [2.45, 2.75) is 19.9 Å². The van der Waals surface area contributed by atoms with Gasteiger partial charge in [0.1, 0.15) is 0 Å². The molecular weight excluding hydrogens is 386 g/mol. The van der Waals surface area contributed by atoms with Gasteiger partial charge in [-0.3, -0.25) is 4.79 Å². The second-order valence-corrected chi connectivity index (χ2v) is 6.66. The van der Waals surface area contributed by atoms with Crippen molar-refractivity contribution < 1.29 is 14.3 Å². The van der Waals surface area contributed by atoms with Gasteiger partial charge in [0, 0.05) is 24.4 Å². The number of terminal acetylenes is 1. The number of primary amides is 1. The average molecular weight is 414 g/mol. The predicted molar refractivity (Wildman–Crippen MR) is 119 cm³/mol. The molecule has 0 fully saturated rings. The highest BCUT2D eigenvalue weighted by Crippen LogP contribution is 2.31. The van der Waals surface area contributed by atoms with Crippen molar-refractivity contribution in [1.82, 2.24) is 10.3 Å². The average Bonchev–Trinajstić information content (AvgIpc) is 2.76. The SMILES string of the molecule is C#C.C/C=C(/CCNCc1ccc(Oc2ccc(C(N)=O)cc2OC)nc1)SC. The van der Waals surface area contributed by atoms with Crippen LogP contribution in [0.2, 0.25) is 0 Å². The van der Waals surface area contributed by atoms with Crippen molar-refractivity contribution in [1.29, 1.82) is 0 Å². The van der Waals surface area contributed by atoms with Crippen molar-refractivity contribution >= 4 is 17.7 Å². The van der Waals surface area contributed by atoms with Gasteiger partial charge in [-0.2, -0.15) is 0 Å². The molecule has 0 saturated heterocycles. The molecule has 0 radical (unpaired) electrons. The number of hydrogen-bond acceptors (Lipinski definition) is 6. The Morgan fingerprint density at radius 3 is 2.59 bits per heavy atom. The van der Waals surface area contributed by atoms with Gasteiger partial charge < -0.3 is 20.5 Å². The molecule has 3 N–H and O–H groups in total. The van der Waals surface area contributed by atoms with Gasteiger partial charge in [0.05, 0.1) is 7.11 Å². The first-order valence-electron chi connectivity index (χ1n) is 8.91. The quantitative estimate of drug-likeness (QED) is 0.453. The first-order valence-corrected chi connectivity index (χ1v) is 10.1. The number of pyridine rings is 1. The Morgan fingerprint density at radius 1 is 1.28 bits per heavy atom. The van der Waals surface area contributed by atoms with E-state index in [4.69, 9.17) is 15.2 Å². The summed E-state index contributed by atoms with van der Waals surface area (Å²) >= 11 is 1.78. The lowest BCUT2D eigenvalue weighted by Gasteiger charge is -2.11. The number of nitrogens with one attached hydrogen (secondary N) is 1. The van der Waals surface area contributed by atoms with Gasteiger partial charge in [-0.15, -0.1) is 24.6 Å². The molecule has 0 bridgehead atoms. The molecule has 1 aromatic heterocycles. The lowest BCUT2D eigenvalue weighted by molar-refractivity contribution is 0.1000. The largest absolute Gasteiger partial charge is 0.493 e. The van der Waals surface area contributed by atoms with E-state index in [0.717, 1.165) is 25.1 Å². The van der Waals surface area contributed by atoms with E-state index in [0.29, 0.717) is 22.9 Å². The van der Waals surface area contributed by atoms with Crippen LogP contribution in [0.25, 0.3) is 0 Å². The Morgan fingerprint density at radius 2 is 2.03 bits per heavy atom. The highest BCUT2D eigenvalue weighted by molar-refractivity contribution is 8.02. The van der Waals surface area contributed by atoms with Crippen LogP contribution in [0, 0.1) is 12.8 Å². The molecule has 0 atom stereocenters. The molecule has 1 amide bonds. The molecular formula is C22H27N3O3S. The molecule has 0 spiro atoms. The fourth-order valence-corrected chi connectivity index (χ4v) is 2.94. The third-order valence-corrected chi connectivity index (χ3v) is 4.89. The number of thioether (sulfide) groups is 1. The summed E-state index contributed by atoms with van der Waals surface area (Å²) < 4.78 is 11.0. The molecule has 1 aromatic carbocycles. The number of carbonyl (C=O) groups is 1. The number of hydrogen-bond donors (Lipinski definition) is 2. The summed E-state index contributed by atoms with van der Waals surface area (Å²) in [4.78, 5) is 17.0. The van der Waals surface area contributed by atoms with Crippen LogP contribution in [0.1, 0.15) is 29.3 Å². The molecule has 0 aliphatic carbocycles. The van der Waals surface area contributed by atoms with Gasteiger partial charge in [0.25, 0.3) is 0 Å². The van der Waals surface area contributed by atoms with Crippen LogP contribution >= 0.6 is 11.8 Å². The number of benzene rings is 1.